The summed E-state index contributed by atoms with van der Waals surface area (Å²) in [6.07, 6.45) is 4.95. The van der Waals surface area contributed by atoms with Gasteiger partial charge in [0.25, 0.3) is 0 Å². The Morgan fingerprint density at radius 2 is 1.11 bits per heavy atom. The van der Waals surface area contributed by atoms with Crippen molar-refractivity contribution in [2.75, 3.05) is 0 Å². The number of fused-ring (bicyclic) bond motifs is 7. The summed E-state index contributed by atoms with van der Waals surface area (Å²) in [6.45, 7) is 4.58. The Hall–Kier alpha value is -4.16. The summed E-state index contributed by atoms with van der Waals surface area (Å²) in [5, 5.41) is 7.96. The second-order valence-electron chi connectivity index (χ2n) is 10.8. The van der Waals surface area contributed by atoms with E-state index >= 15 is 0 Å². The first-order valence-corrected chi connectivity index (χ1v) is 13.9. The Bertz CT molecular complexity index is 1820. The summed E-state index contributed by atoms with van der Waals surface area (Å²) < 4.78 is 0. The molecule has 0 fully saturated rings. The monoisotopic (exact) mass is 488 g/mol. The first kappa shape index (κ1) is 23.0. The lowest BCUT2D eigenvalue weighted by atomic mass is 9.70. The van der Waals surface area contributed by atoms with E-state index in [1.165, 1.54) is 78.5 Å². The van der Waals surface area contributed by atoms with Gasteiger partial charge in [-0.25, -0.2) is 0 Å². The molecule has 0 saturated carbocycles. The molecule has 1 aliphatic carbocycles. The molecule has 2 atom stereocenters. The van der Waals surface area contributed by atoms with Crippen LogP contribution < -0.4 is 0 Å². The quantitative estimate of drug-likeness (QED) is 0.216. The van der Waals surface area contributed by atoms with Gasteiger partial charge in [0.2, 0.25) is 0 Å². The van der Waals surface area contributed by atoms with Crippen molar-refractivity contribution in [1.82, 2.24) is 0 Å². The van der Waals surface area contributed by atoms with Gasteiger partial charge in [0.05, 0.1) is 0 Å². The van der Waals surface area contributed by atoms with E-state index in [4.69, 9.17) is 0 Å². The predicted octanol–water partition coefficient (Wildman–Crippen LogP) is 10.6. The fourth-order valence-electron chi connectivity index (χ4n) is 6.88. The fourth-order valence-corrected chi connectivity index (χ4v) is 6.88. The van der Waals surface area contributed by atoms with Crippen molar-refractivity contribution in [3.63, 3.8) is 0 Å². The van der Waals surface area contributed by atoms with Crippen LogP contribution in [-0.2, 0) is 0 Å². The van der Waals surface area contributed by atoms with Crippen LogP contribution >= 0.6 is 0 Å². The lowest BCUT2D eigenvalue weighted by molar-refractivity contribution is 0.554. The van der Waals surface area contributed by atoms with Gasteiger partial charge in [0, 0.05) is 5.92 Å². The van der Waals surface area contributed by atoms with Crippen molar-refractivity contribution >= 4 is 37.9 Å². The molecule has 0 bridgehead atoms. The summed E-state index contributed by atoms with van der Waals surface area (Å²) in [5.74, 6) is 0.858. The lowest BCUT2D eigenvalue weighted by Crippen LogP contribution is -2.17. The van der Waals surface area contributed by atoms with E-state index in [1.54, 1.807) is 0 Å². The first-order chi connectivity index (χ1) is 18.7. The van der Waals surface area contributed by atoms with Gasteiger partial charge in [-0.2, -0.15) is 0 Å². The second kappa shape index (κ2) is 9.30. The molecule has 6 aromatic rings. The maximum atomic E-state index is 2.58. The van der Waals surface area contributed by atoms with E-state index in [0.29, 0.717) is 11.8 Å². The van der Waals surface area contributed by atoms with E-state index in [-0.39, 0.29) is 0 Å². The van der Waals surface area contributed by atoms with Crippen LogP contribution in [0.3, 0.4) is 0 Å². The van der Waals surface area contributed by atoms with Gasteiger partial charge in [-0.1, -0.05) is 129 Å². The van der Waals surface area contributed by atoms with Gasteiger partial charge >= 0.3 is 0 Å². The number of hydrogen-bond acceptors (Lipinski definition) is 0. The van der Waals surface area contributed by atoms with Gasteiger partial charge < -0.3 is 0 Å². The summed E-state index contributed by atoms with van der Waals surface area (Å²) in [4.78, 5) is 0. The van der Waals surface area contributed by atoms with Crippen molar-refractivity contribution in [3.05, 3.63) is 149 Å². The molecule has 184 valence electrons. The molecule has 2 unspecified atom stereocenters. The van der Waals surface area contributed by atoms with E-state index in [2.05, 4.69) is 135 Å². The van der Waals surface area contributed by atoms with Gasteiger partial charge in [0.15, 0.2) is 0 Å². The normalized spacial score (nSPS) is 17.1. The predicted molar refractivity (Wildman–Crippen MR) is 164 cm³/mol. The Kier molecular flexibility index (Phi) is 5.63. The minimum absolute atomic E-state index is 0.366. The highest BCUT2D eigenvalue weighted by Gasteiger charge is 2.31. The average Bonchev–Trinajstić information content (AvgIpc) is 2.98. The minimum Gasteiger partial charge on any atom is -0.0679 e. The maximum absolute atomic E-state index is 2.58. The van der Waals surface area contributed by atoms with Crippen molar-refractivity contribution in [2.24, 2.45) is 0 Å². The largest absolute Gasteiger partial charge is 0.0679 e. The molecular weight excluding hydrogens is 456 g/mol. The van der Waals surface area contributed by atoms with Crippen molar-refractivity contribution in [1.29, 1.82) is 0 Å². The zero-order valence-corrected chi connectivity index (χ0v) is 22.1. The molecular formula is C38H32. The number of hydrogen-bond donors (Lipinski definition) is 0. The Morgan fingerprint density at radius 3 is 1.76 bits per heavy atom. The molecule has 0 heteroatoms. The zero-order valence-electron chi connectivity index (χ0n) is 22.1. The highest BCUT2D eigenvalue weighted by molar-refractivity contribution is 6.25. The third-order valence-corrected chi connectivity index (χ3v) is 8.63. The molecule has 0 aromatic heterocycles. The standard InChI is InChI=1S/C38H32/c1-3-12-28-29-15-8-10-19-33(29)36(24-38(28)27-14-5-4-13-25(27)2)26-21-22-35-32-18-7-6-16-30(32)31-17-9-11-20-34(31)37(35)23-26/h4-11,13-24,28,38H,3,12H2,1-2H3. The van der Waals surface area contributed by atoms with Crippen LogP contribution in [0.25, 0.3) is 37.9 Å². The lowest BCUT2D eigenvalue weighted by Gasteiger charge is -2.34. The first-order valence-electron chi connectivity index (χ1n) is 13.9. The van der Waals surface area contributed by atoms with Crippen LogP contribution in [0, 0.1) is 6.92 Å². The number of allylic oxidation sites excluding steroid dienone is 1. The topological polar surface area (TPSA) is 0 Å². The molecule has 0 heterocycles. The van der Waals surface area contributed by atoms with Gasteiger partial charge in [-0.15, -0.1) is 0 Å². The van der Waals surface area contributed by atoms with Crippen molar-refractivity contribution < 1.29 is 0 Å². The van der Waals surface area contributed by atoms with Crippen LogP contribution in [0.2, 0.25) is 0 Å². The molecule has 6 aromatic carbocycles. The van der Waals surface area contributed by atoms with Crippen LogP contribution in [0.4, 0.5) is 0 Å². The van der Waals surface area contributed by atoms with Gasteiger partial charge in [-0.3, -0.25) is 0 Å². The van der Waals surface area contributed by atoms with E-state index in [9.17, 15) is 0 Å². The second-order valence-corrected chi connectivity index (χ2v) is 10.8. The molecule has 0 spiro atoms. The maximum Gasteiger partial charge on any atom is 0.00989 e. The van der Waals surface area contributed by atoms with E-state index in [1.807, 2.05) is 0 Å². The molecule has 0 radical (unpaired) electrons. The average molecular weight is 489 g/mol. The zero-order chi connectivity index (χ0) is 25.6. The number of rotatable bonds is 4. The van der Waals surface area contributed by atoms with E-state index < -0.39 is 0 Å². The molecule has 38 heavy (non-hydrogen) atoms. The summed E-state index contributed by atoms with van der Waals surface area (Å²) in [5.41, 5.74) is 8.38. The molecule has 0 saturated heterocycles. The van der Waals surface area contributed by atoms with Crippen LogP contribution in [0.5, 0.6) is 0 Å². The Balaban J connectivity index is 1.51. The van der Waals surface area contributed by atoms with Gasteiger partial charge in [0.1, 0.15) is 0 Å². The SMILES string of the molecule is CCCC1c2ccccc2C(c2ccc3c4ccccc4c4ccccc4c3c2)=CC1c1ccccc1C. The number of benzene rings is 6. The molecule has 0 aliphatic heterocycles. The van der Waals surface area contributed by atoms with Crippen molar-refractivity contribution in [3.8, 4) is 0 Å². The smallest absolute Gasteiger partial charge is 0.00989 e. The van der Waals surface area contributed by atoms with Gasteiger partial charge in [-0.05, 0) is 91.0 Å². The van der Waals surface area contributed by atoms with Crippen LogP contribution in [0.1, 0.15) is 59.4 Å². The van der Waals surface area contributed by atoms with E-state index in [0.717, 1.165) is 0 Å². The highest BCUT2D eigenvalue weighted by Crippen LogP contribution is 2.48. The minimum atomic E-state index is 0.366. The molecule has 0 N–H and O–H groups in total. The summed E-state index contributed by atoms with van der Waals surface area (Å²) >= 11 is 0. The fraction of sp³-hybridized carbons (Fsp3) is 0.158. The molecule has 1 aliphatic rings. The summed E-state index contributed by atoms with van der Waals surface area (Å²) in [6, 6.07) is 42.9. The third kappa shape index (κ3) is 3.59. The number of aryl methyl sites for hydroxylation is 1. The molecule has 0 nitrogen and oxygen atoms in total. The van der Waals surface area contributed by atoms with Crippen LogP contribution in [-0.4, -0.2) is 0 Å². The third-order valence-electron chi connectivity index (χ3n) is 8.63. The molecule has 7 rings (SSSR count). The highest BCUT2D eigenvalue weighted by atomic mass is 14.3. The Morgan fingerprint density at radius 1 is 0.553 bits per heavy atom. The van der Waals surface area contributed by atoms with Crippen molar-refractivity contribution in [2.45, 2.75) is 38.5 Å². The van der Waals surface area contributed by atoms with Crippen LogP contribution in [0.15, 0.2) is 121 Å². The summed E-state index contributed by atoms with van der Waals surface area (Å²) in [7, 11) is 0. The Labute approximate surface area is 225 Å². The molecule has 0 amide bonds.